The van der Waals surface area contributed by atoms with Gasteiger partial charge in [0, 0.05) is 17.8 Å². The summed E-state index contributed by atoms with van der Waals surface area (Å²) in [6.07, 6.45) is 3.83. The first-order valence-corrected chi connectivity index (χ1v) is 14.2. The molecule has 1 saturated carbocycles. The normalized spacial score (nSPS) is 14.3. The molecule has 2 aromatic heterocycles. The number of hydrogen-bond acceptors (Lipinski definition) is 8. The molecule has 180 valence electrons. The molecule has 0 radical (unpaired) electrons. The molecule has 0 amide bonds. The van der Waals surface area contributed by atoms with Crippen molar-refractivity contribution in [3.05, 3.63) is 108 Å². The lowest BCUT2D eigenvalue weighted by Crippen LogP contribution is -2.20. The highest BCUT2D eigenvalue weighted by atomic mass is 32.1. The Morgan fingerprint density at radius 1 is 0.889 bits per heavy atom. The van der Waals surface area contributed by atoms with Crippen LogP contribution in [-0.4, -0.2) is 15.0 Å². The van der Waals surface area contributed by atoms with Crippen LogP contribution in [-0.2, 0) is 4.57 Å². The molecule has 1 fully saturated rings. The predicted octanol–water partition coefficient (Wildman–Crippen LogP) is 7.43. The summed E-state index contributed by atoms with van der Waals surface area (Å²) in [6.45, 7) is 0. The molecule has 1 atom stereocenters. The van der Waals surface area contributed by atoms with Gasteiger partial charge in [0.1, 0.15) is 17.3 Å². The van der Waals surface area contributed by atoms with Gasteiger partial charge in [-0.1, -0.05) is 36.4 Å². The highest BCUT2D eigenvalue weighted by Crippen LogP contribution is 2.60. The van der Waals surface area contributed by atoms with E-state index in [1.54, 1.807) is 53.4 Å². The van der Waals surface area contributed by atoms with Crippen molar-refractivity contribution < 1.29 is 13.6 Å². The zero-order valence-electron chi connectivity index (χ0n) is 19.2. The summed E-state index contributed by atoms with van der Waals surface area (Å²) in [5, 5.41) is 3.42. The molecule has 1 aliphatic rings. The van der Waals surface area contributed by atoms with Crippen molar-refractivity contribution >= 4 is 34.8 Å². The highest BCUT2D eigenvalue weighted by Gasteiger charge is 2.43. The molecule has 1 aliphatic carbocycles. The Kier molecular flexibility index (Phi) is 6.13. The van der Waals surface area contributed by atoms with Crippen molar-refractivity contribution in [2.75, 3.05) is 5.32 Å². The SMILES string of the molecule is O=P(Oc1ccccc1)(Oc1ccccc1)C(Nc1ccc2ncsc2c1)c1ccnc(C2CC2)n1. The van der Waals surface area contributed by atoms with Gasteiger partial charge in [0.15, 0.2) is 5.78 Å². The Bertz CT molecular complexity index is 1480. The van der Waals surface area contributed by atoms with Crippen molar-refractivity contribution in [2.24, 2.45) is 0 Å². The number of anilines is 1. The lowest BCUT2D eigenvalue weighted by Gasteiger charge is -2.28. The minimum Gasteiger partial charge on any atom is -0.414 e. The van der Waals surface area contributed by atoms with Crippen molar-refractivity contribution in [3.8, 4) is 11.5 Å². The number of fused-ring (bicyclic) bond motifs is 1. The smallest absolute Gasteiger partial charge is 0.414 e. The first-order valence-electron chi connectivity index (χ1n) is 11.7. The zero-order chi connectivity index (χ0) is 24.4. The third kappa shape index (κ3) is 4.96. The number of benzene rings is 3. The second-order valence-corrected chi connectivity index (χ2v) is 11.4. The molecule has 0 bridgehead atoms. The number of nitrogens with one attached hydrogen (secondary N) is 1. The molecule has 0 aliphatic heterocycles. The minimum absolute atomic E-state index is 0.337. The van der Waals surface area contributed by atoms with Crippen LogP contribution in [0.3, 0.4) is 0 Å². The molecule has 9 heteroatoms. The van der Waals surface area contributed by atoms with Gasteiger partial charge in [-0.2, -0.15) is 0 Å². The quantitative estimate of drug-likeness (QED) is 0.205. The molecule has 1 unspecified atom stereocenters. The topological polar surface area (TPSA) is 86.2 Å². The van der Waals surface area contributed by atoms with Crippen LogP contribution >= 0.6 is 18.9 Å². The highest BCUT2D eigenvalue weighted by molar-refractivity contribution is 7.55. The van der Waals surface area contributed by atoms with Crippen LogP contribution in [0.15, 0.2) is 96.6 Å². The fourth-order valence-corrected chi connectivity index (χ4v) is 6.45. The summed E-state index contributed by atoms with van der Waals surface area (Å²) in [4.78, 5) is 13.6. The van der Waals surface area contributed by atoms with Crippen LogP contribution in [0.1, 0.15) is 36.1 Å². The minimum atomic E-state index is -3.95. The van der Waals surface area contributed by atoms with E-state index in [1.807, 2.05) is 54.6 Å². The molecule has 0 saturated heterocycles. The Morgan fingerprint density at radius 3 is 2.25 bits per heavy atom. The lowest BCUT2D eigenvalue weighted by atomic mass is 10.3. The summed E-state index contributed by atoms with van der Waals surface area (Å²) in [6, 6.07) is 25.7. The molecule has 0 spiro atoms. The monoisotopic (exact) mass is 514 g/mol. The number of hydrogen-bond donors (Lipinski definition) is 1. The first-order chi connectivity index (χ1) is 17.7. The number of nitrogens with zero attached hydrogens (tertiary/aromatic N) is 3. The molecule has 5 aromatic rings. The molecule has 1 N–H and O–H groups in total. The second kappa shape index (κ2) is 9.72. The summed E-state index contributed by atoms with van der Waals surface area (Å²) in [7, 11) is -3.95. The summed E-state index contributed by atoms with van der Waals surface area (Å²) >= 11 is 1.54. The maximum Gasteiger partial charge on any atom is 0.459 e. The molecular weight excluding hydrogens is 491 g/mol. The summed E-state index contributed by atoms with van der Waals surface area (Å²) in [5.41, 5.74) is 4.02. The Labute approximate surface area is 212 Å². The maximum absolute atomic E-state index is 14.8. The van der Waals surface area contributed by atoms with Gasteiger partial charge in [-0.25, -0.2) is 19.5 Å². The fraction of sp³-hybridized carbons (Fsp3) is 0.148. The number of para-hydroxylation sites is 2. The van der Waals surface area contributed by atoms with E-state index in [4.69, 9.17) is 14.0 Å². The average Bonchev–Trinajstić information content (AvgIpc) is 3.66. The fourth-order valence-electron chi connectivity index (χ4n) is 3.88. The molecule has 2 heterocycles. The maximum atomic E-state index is 14.8. The van der Waals surface area contributed by atoms with Crippen LogP contribution in [0.2, 0.25) is 0 Å². The predicted molar refractivity (Wildman–Crippen MR) is 142 cm³/mol. The van der Waals surface area contributed by atoms with E-state index in [-0.39, 0.29) is 0 Å². The van der Waals surface area contributed by atoms with Gasteiger partial charge in [-0.15, -0.1) is 11.3 Å². The largest absolute Gasteiger partial charge is 0.459 e. The molecule has 7 nitrogen and oxygen atoms in total. The molecule has 36 heavy (non-hydrogen) atoms. The number of aromatic nitrogens is 3. The van der Waals surface area contributed by atoms with Gasteiger partial charge < -0.3 is 14.4 Å². The number of rotatable bonds is 9. The van der Waals surface area contributed by atoms with E-state index in [0.717, 1.165) is 34.6 Å². The van der Waals surface area contributed by atoms with Gasteiger partial charge in [0.05, 0.1) is 21.4 Å². The van der Waals surface area contributed by atoms with Gasteiger partial charge in [-0.3, -0.25) is 0 Å². The van der Waals surface area contributed by atoms with Crippen LogP contribution in [0, 0.1) is 0 Å². The van der Waals surface area contributed by atoms with Crippen LogP contribution in [0.5, 0.6) is 11.5 Å². The van der Waals surface area contributed by atoms with Crippen LogP contribution in [0.25, 0.3) is 10.2 Å². The van der Waals surface area contributed by atoms with E-state index >= 15 is 0 Å². The van der Waals surface area contributed by atoms with E-state index < -0.39 is 13.4 Å². The van der Waals surface area contributed by atoms with E-state index in [0.29, 0.717) is 23.1 Å². The third-order valence-corrected chi connectivity index (χ3v) is 8.57. The average molecular weight is 515 g/mol. The third-order valence-electron chi connectivity index (χ3n) is 5.82. The molecular formula is C27H23N4O3PS. The Morgan fingerprint density at radius 2 is 1.58 bits per heavy atom. The summed E-state index contributed by atoms with van der Waals surface area (Å²) < 4.78 is 28.2. The van der Waals surface area contributed by atoms with Crippen molar-refractivity contribution in [2.45, 2.75) is 24.5 Å². The van der Waals surface area contributed by atoms with Crippen molar-refractivity contribution in [1.29, 1.82) is 0 Å². The summed E-state index contributed by atoms with van der Waals surface area (Å²) in [5.74, 6) is 1.08. The Balaban J connectivity index is 1.45. The van der Waals surface area contributed by atoms with Crippen molar-refractivity contribution in [3.63, 3.8) is 0 Å². The first kappa shape index (κ1) is 22.7. The van der Waals surface area contributed by atoms with Crippen LogP contribution < -0.4 is 14.4 Å². The van der Waals surface area contributed by atoms with Gasteiger partial charge >= 0.3 is 7.60 Å². The van der Waals surface area contributed by atoms with Crippen molar-refractivity contribution in [1.82, 2.24) is 15.0 Å². The van der Waals surface area contributed by atoms with Gasteiger partial charge in [0.25, 0.3) is 0 Å². The lowest BCUT2D eigenvalue weighted by molar-refractivity contribution is 0.375. The molecule has 3 aromatic carbocycles. The zero-order valence-corrected chi connectivity index (χ0v) is 20.9. The van der Waals surface area contributed by atoms with Gasteiger partial charge in [0.2, 0.25) is 0 Å². The van der Waals surface area contributed by atoms with Crippen LogP contribution in [0.4, 0.5) is 5.69 Å². The second-order valence-electron chi connectivity index (χ2n) is 8.54. The number of thiazole rings is 1. The molecule has 6 rings (SSSR count). The van der Waals surface area contributed by atoms with E-state index in [9.17, 15) is 4.57 Å². The van der Waals surface area contributed by atoms with E-state index in [1.165, 1.54) is 0 Å². The van der Waals surface area contributed by atoms with E-state index in [2.05, 4.69) is 15.3 Å². The Hall–Kier alpha value is -3.74. The standard InChI is InChI=1S/C27H23N4O3PS/c32-35(33-21-7-3-1-4-8-21,34-22-9-5-2-6-10-22)27(24-15-16-28-26(31-24)19-11-12-19)30-20-13-14-23-25(17-20)36-18-29-23/h1-10,13-19,27,30H,11-12H2. The van der Waals surface area contributed by atoms with Gasteiger partial charge in [-0.05, 0) is 61.4 Å².